The predicted octanol–water partition coefficient (Wildman–Crippen LogP) is -1.95. The highest BCUT2D eigenvalue weighted by atomic mass is 35.5. The first kappa shape index (κ1) is 21.6. The first-order valence-electron chi connectivity index (χ1n) is 5.27. The van der Waals surface area contributed by atoms with Gasteiger partial charge in [0.2, 0.25) is 17.8 Å². The number of aromatic nitrogens is 3. The Bertz CT molecular complexity index is 418. The van der Waals surface area contributed by atoms with E-state index >= 15 is 0 Å². The van der Waals surface area contributed by atoms with Gasteiger partial charge in [-0.05, 0) is 0 Å². The largest absolute Gasteiger partial charge is 0.457 e. The van der Waals surface area contributed by atoms with Crippen LogP contribution >= 0.6 is 24.8 Å². The number of carbonyl (C=O) groups is 1. The third-order valence-electron chi connectivity index (χ3n) is 1.90. The second kappa shape index (κ2) is 11.0. The Labute approximate surface area is 132 Å². The van der Waals surface area contributed by atoms with E-state index in [1.165, 1.54) is 0 Å². The van der Waals surface area contributed by atoms with Gasteiger partial charge in [0.25, 0.3) is 0 Å². The second-order valence-corrected chi connectivity index (χ2v) is 3.41. The quantitative estimate of drug-likeness (QED) is 0.273. The first-order valence-corrected chi connectivity index (χ1v) is 5.27. The van der Waals surface area contributed by atoms with Crippen molar-refractivity contribution in [3.05, 3.63) is 0 Å². The average Bonchev–Trinajstić information content (AvgIpc) is 2.34. The molecule has 0 saturated carbocycles. The summed E-state index contributed by atoms with van der Waals surface area (Å²) in [4.78, 5) is 26.8. The number of nitrogen functional groups attached to an aromatic ring is 2. The summed E-state index contributed by atoms with van der Waals surface area (Å²) in [6.45, 7) is -0.0908. The summed E-state index contributed by atoms with van der Waals surface area (Å²) in [5, 5.41) is 2.59. The summed E-state index contributed by atoms with van der Waals surface area (Å²) in [7, 11) is 0. The van der Waals surface area contributed by atoms with Crippen molar-refractivity contribution in [2.24, 2.45) is 11.6 Å². The number of hydrogen-bond donors (Lipinski definition) is 5. The van der Waals surface area contributed by atoms with E-state index in [-0.39, 0.29) is 62.4 Å². The van der Waals surface area contributed by atoms with Gasteiger partial charge in [-0.25, -0.2) is 5.90 Å². The summed E-state index contributed by atoms with van der Waals surface area (Å²) in [5.74, 6) is 4.24. The van der Waals surface area contributed by atoms with Crippen molar-refractivity contribution in [2.45, 2.75) is 6.10 Å². The normalized spacial score (nSPS) is 10.8. The van der Waals surface area contributed by atoms with Crippen molar-refractivity contribution in [1.82, 2.24) is 15.0 Å². The molecule has 0 amide bonds. The van der Waals surface area contributed by atoms with Crippen molar-refractivity contribution in [3.8, 4) is 0 Å². The van der Waals surface area contributed by atoms with Gasteiger partial charge < -0.3 is 32.1 Å². The highest BCUT2D eigenvalue weighted by molar-refractivity contribution is 5.85. The molecule has 0 fully saturated rings. The van der Waals surface area contributed by atoms with E-state index in [9.17, 15) is 4.79 Å². The van der Waals surface area contributed by atoms with Crippen LogP contribution < -0.4 is 28.4 Å². The first-order chi connectivity index (χ1) is 9.05. The lowest BCUT2D eigenvalue weighted by Crippen LogP contribution is -2.34. The van der Waals surface area contributed by atoms with Crippen LogP contribution in [0.5, 0.6) is 0 Å². The molecule has 11 nitrogen and oxygen atoms in total. The Morgan fingerprint density at radius 3 is 2.24 bits per heavy atom. The molecule has 9 N–H and O–H groups in total. The van der Waals surface area contributed by atoms with Crippen molar-refractivity contribution in [3.63, 3.8) is 0 Å². The van der Waals surface area contributed by atoms with Gasteiger partial charge in [0.1, 0.15) is 19.3 Å². The molecule has 1 rings (SSSR count). The molecule has 13 heteroatoms. The molecule has 21 heavy (non-hydrogen) atoms. The Balaban J connectivity index is 0. The van der Waals surface area contributed by atoms with Gasteiger partial charge in [0.05, 0.1) is 0 Å². The summed E-state index contributed by atoms with van der Waals surface area (Å²) < 4.78 is 4.96. The number of hydrogen-bond acceptors (Lipinski definition) is 11. The predicted molar refractivity (Wildman–Crippen MR) is 80.7 cm³/mol. The number of ether oxygens (including phenoxy) is 1. The fourth-order valence-corrected chi connectivity index (χ4v) is 1.12. The molecule has 0 radical (unpaired) electrons. The lowest BCUT2D eigenvalue weighted by atomic mass is 10.4. The second-order valence-electron chi connectivity index (χ2n) is 3.41. The molecule has 1 aromatic heterocycles. The van der Waals surface area contributed by atoms with Gasteiger partial charge in [-0.3, -0.25) is 4.79 Å². The van der Waals surface area contributed by atoms with Crippen LogP contribution in [0, 0.1) is 0 Å². The van der Waals surface area contributed by atoms with Crippen LogP contribution in [-0.4, -0.2) is 46.7 Å². The van der Waals surface area contributed by atoms with E-state index in [0.29, 0.717) is 0 Å². The van der Waals surface area contributed by atoms with Crippen molar-refractivity contribution >= 4 is 48.6 Å². The maximum Gasteiger partial charge on any atom is 0.325 e. The Kier molecular flexibility index (Phi) is 11.4. The van der Waals surface area contributed by atoms with Crippen LogP contribution in [0.1, 0.15) is 0 Å². The third-order valence-corrected chi connectivity index (χ3v) is 1.90. The van der Waals surface area contributed by atoms with Crippen LogP contribution in [0.4, 0.5) is 17.8 Å². The molecule has 122 valence electrons. The highest BCUT2D eigenvalue weighted by Gasteiger charge is 2.13. The standard InChI is InChI=1S/C8H16N8O3.2ClH/c9-1-4(3-18-12)19-5(17)2-13-8-15-6(10)14-7(11)16-8;;/h4H,1-3,9,12H2,(H5,10,11,13,14,15,16);2*1H. The minimum absolute atomic E-state index is 0. The SMILES string of the molecule is Cl.Cl.NCC(CON)OC(=O)CNc1nc(N)nc(N)n1. The van der Waals surface area contributed by atoms with Gasteiger partial charge in [-0.1, -0.05) is 0 Å². The van der Waals surface area contributed by atoms with Crippen LogP contribution in [0.3, 0.4) is 0 Å². The van der Waals surface area contributed by atoms with Crippen molar-refractivity contribution in [1.29, 1.82) is 0 Å². The fraction of sp³-hybridized carbons (Fsp3) is 0.500. The molecule has 1 atom stereocenters. The Hall–Kier alpha value is -1.66. The van der Waals surface area contributed by atoms with Gasteiger partial charge in [-0.2, -0.15) is 15.0 Å². The average molecular weight is 345 g/mol. The van der Waals surface area contributed by atoms with E-state index in [4.69, 9.17) is 27.8 Å². The molecule has 0 bridgehead atoms. The van der Waals surface area contributed by atoms with Gasteiger partial charge >= 0.3 is 5.97 Å². The molecule has 0 aliphatic rings. The number of carbonyl (C=O) groups excluding carboxylic acids is 1. The molecule has 1 heterocycles. The number of nitrogens with one attached hydrogen (secondary N) is 1. The molecular weight excluding hydrogens is 327 g/mol. The molecule has 1 aromatic rings. The minimum Gasteiger partial charge on any atom is -0.457 e. The van der Waals surface area contributed by atoms with Crippen LogP contribution in [0.2, 0.25) is 0 Å². The lowest BCUT2D eigenvalue weighted by molar-refractivity contribution is -0.149. The zero-order chi connectivity index (χ0) is 14.3. The van der Waals surface area contributed by atoms with Gasteiger partial charge in [-0.15, -0.1) is 24.8 Å². The van der Waals surface area contributed by atoms with Gasteiger partial charge in [0, 0.05) is 6.54 Å². The number of nitrogens with zero attached hydrogens (tertiary/aromatic N) is 3. The zero-order valence-corrected chi connectivity index (χ0v) is 12.5. The molecule has 0 aliphatic heterocycles. The Morgan fingerprint density at radius 2 is 1.76 bits per heavy atom. The summed E-state index contributed by atoms with van der Waals surface area (Å²) in [5.41, 5.74) is 16.1. The third kappa shape index (κ3) is 8.27. The van der Waals surface area contributed by atoms with Crippen LogP contribution in [0.15, 0.2) is 0 Å². The lowest BCUT2D eigenvalue weighted by Gasteiger charge is -2.14. The smallest absolute Gasteiger partial charge is 0.325 e. The molecule has 0 aromatic carbocycles. The Morgan fingerprint density at radius 1 is 1.19 bits per heavy atom. The van der Waals surface area contributed by atoms with E-state index < -0.39 is 12.1 Å². The number of anilines is 3. The summed E-state index contributed by atoms with van der Waals surface area (Å²) in [6.07, 6.45) is -0.618. The van der Waals surface area contributed by atoms with Crippen molar-refractivity contribution in [2.75, 3.05) is 36.5 Å². The number of rotatable bonds is 7. The van der Waals surface area contributed by atoms with E-state index in [1.807, 2.05) is 0 Å². The maximum atomic E-state index is 11.5. The molecule has 1 unspecified atom stereocenters. The number of halogens is 2. The highest BCUT2D eigenvalue weighted by Crippen LogP contribution is 2.03. The topological polar surface area (TPSA) is 190 Å². The molecule has 0 spiro atoms. The molecule has 0 aliphatic carbocycles. The molecule has 0 saturated heterocycles. The van der Waals surface area contributed by atoms with Crippen molar-refractivity contribution < 1.29 is 14.4 Å². The van der Waals surface area contributed by atoms with E-state index in [2.05, 4.69) is 25.1 Å². The monoisotopic (exact) mass is 344 g/mol. The summed E-state index contributed by atoms with van der Waals surface area (Å²) >= 11 is 0. The van der Waals surface area contributed by atoms with Gasteiger partial charge in [0.15, 0.2) is 0 Å². The van der Waals surface area contributed by atoms with Crippen LogP contribution in [-0.2, 0) is 14.4 Å². The zero-order valence-electron chi connectivity index (χ0n) is 10.9. The van der Waals surface area contributed by atoms with E-state index in [0.717, 1.165) is 0 Å². The maximum absolute atomic E-state index is 11.5. The number of nitrogens with two attached hydrogens (primary N) is 4. The number of esters is 1. The molecular formula is C8H18Cl2N8O3. The minimum atomic E-state index is -0.618. The summed E-state index contributed by atoms with van der Waals surface area (Å²) in [6, 6.07) is 0. The fourth-order valence-electron chi connectivity index (χ4n) is 1.12. The van der Waals surface area contributed by atoms with E-state index in [1.54, 1.807) is 0 Å². The van der Waals surface area contributed by atoms with Crippen LogP contribution in [0.25, 0.3) is 0 Å².